The van der Waals surface area contributed by atoms with E-state index in [0.29, 0.717) is 18.2 Å². The quantitative estimate of drug-likeness (QED) is 0.693. The average Bonchev–Trinajstić information content (AvgIpc) is 3.47. The van der Waals surface area contributed by atoms with E-state index in [1.165, 1.54) is 5.56 Å². The first kappa shape index (κ1) is 20.2. The summed E-state index contributed by atoms with van der Waals surface area (Å²) in [6.07, 6.45) is 2.41. The van der Waals surface area contributed by atoms with E-state index < -0.39 is 12.1 Å². The van der Waals surface area contributed by atoms with Crippen molar-refractivity contribution in [2.45, 2.75) is 65.0 Å². The van der Waals surface area contributed by atoms with Crippen LogP contribution in [0, 0.1) is 13.8 Å². The second-order valence-corrected chi connectivity index (χ2v) is 7.69. The van der Waals surface area contributed by atoms with Crippen LogP contribution < -0.4 is 5.32 Å². The van der Waals surface area contributed by atoms with Crippen molar-refractivity contribution in [1.82, 2.24) is 9.88 Å². The van der Waals surface area contributed by atoms with E-state index in [9.17, 15) is 9.59 Å². The largest absolute Gasteiger partial charge is 0.449 e. The molecule has 0 unspecified atom stereocenters. The van der Waals surface area contributed by atoms with Crippen molar-refractivity contribution in [3.63, 3.8) is 0 Å². The number of nitrogens with zero attached hydrogens (tertiary/aromatic N) is 1. The van der Waals surface area contributed by atoms with Gasteiger partial charge in [0.05, 0.1) is 5.56 Å². The van der Waals surface area contributed by atoms with E-state index in [4.69, 9.17) is 4.74 Å². The molecule has 0 spiro atoms. The maximum atomic E-state index is 12.6. The van der Waals surface area contributed by atoms with E-state index in [0.717, 1.165) is 30.7 Å². The molecule has 5 heteroatoms. The van der Waals surface area contributed by atoms with Gasteiger partial charge in [-0.1, -0.05) is 37.3 Å². The number of aryl methyl sites for hydroxylation is 1. The lowest BCUT2D eigenvalue weighted by Gasteiger charge is -2.18. The lowest BCUT2D eigenvalue weighted by Crippen LogP contribution is -2.38. The Morgan fingerprint density at radius 3 is 2.50 bits per heavy atom. The van der Waals surface area contributed by atoms with Gasteiger partial charge < -0.3 is 14.6 Å². The van der Waals surface area contributed by atoms with Gasteiger partial charge in [0.15, 0.2) is 6.10 Å². The third kappa shape index (κ3) is 4.46. The van der Waals surface area contributed by atoms with Gasteiger partial charge in [-0.2, -0.15) is 0 Å². The van der Waals surface area contributed by atoms with Gasteiger partial charge in [-0.25, -0.2) is 4.79 Å². The number of amides is 1. The highest BCUT2D eigenvalue weighted by atomic mass is 16.5. The Morgan fingerprint density at radius 2 is 1.89 bits per heavy atom. The summed E-state index contributed by atoms with van der Waals surface area (Å²) < 4.78 is 7.66. The van der Waals surface area contributed by atoms with Gasteiger partial charge in [0.1, 0.15) is 0 Å². The van der Waals surface area contributed by atoms with Crippen molar-refractivity contribution < 1.29 is 14.3 Å². The van der Waals surface area contributed by atoms with Crippen LogP contribution in [-0.4, -0.2) is 29.1 Å². The highest BCUT2D eigenvalue weighted by Gasteiger charge is 2.29. The third-order valence-electron chi connectivity index (χ3n) is 5.56. The molecule has 0 aliphatic heterocycles. The molecule has 5 nitrogen and oxygen atoms in total. The highest BCUT2D eigenvalue weighted by molar-refractivity contribution is 5.93. The molecule has 1 aromatic heterocycles. The van der Waals surface area contributed by atoms with Crippen molar-refractivity contribution in [2.75, 3.05) is 6.54 Å². The van der Waals surface area contributed by atoms with Crippen LogP contribution in [0.5, 0.6) is 0 Å². The highest BCUT2D eigenvalue weighted by Crippen LogP contribution is 2.38. The molecule has 28 heavy (non-hydrogen) atoms. The predicted molar refractivity (Wildman–Crippen MR) is 110 cm³/mol. The molecule has 1 fully saturated rings. The van der Waals surface area contributed by atoms with E-state index in [1.54, 1.807) is 6.92 Å². The summed E-state index contributed by atoms with van der Waals surface area (Å²) in [5.74, 6) is -0.456. The SMILES string of the molecule is CC[C@@H](CNC(=O)[C@@H](C)OC(=O)c1cc(C)n(C2CC2)c1C)c1ccccc1. The van der Waals surface area contributed by atoms with Crippen LogP contribution in [0.2, 0.25) is 0 Å². The number of hydrogen-bond acceptors (Lipinski definition) is 3. The fourth-order valence-electron chi connectivity index (χ4n) is 3.75. The van der Waals surface area contributed by atoms with Crippen molar-refractivity contribution in [2.24, 2.45) is 0 Å². The fourth-order valence-corrected chi connectivity index (χ4v) is 3.75. The molecule has 0 saturated heterocycles. The number of benzene rings is 1. The number of nitrogens with one attached hydrogen (secondary N) is 1. The van der Waals surface area contributed by atoms with Gasteiger partial charge in [0.2, 0.25) is 0 Å². The Kier molecular flexibility index (Phi) is 6.22. The van der Waals surface area contributed by atoms with Gasteiger partial charge >= 0.3 is 5.97 Å². The Hall–Kier alpha value is -2.56. The summed E-state index contributed by atoms with van der Waals surface area (Å²) in [5.41, 5.74) is 3.74. The second kappa shape index (κ2) is 8.63. The molecular formula is C23H30N2O3. The number of hydrogen-bond donors (Lipinski definition) is 1. The molecule has 1 amide bonds. The zero-order valence-electron chi connectivity index (χ0n) is 17.2. The number of aromatic nitrogens is 1. The number of esters is 1. The summed E-state index contributed by atoms with van der Waals surface area (Å²) >= 11 is 0. The van der Waals surface area contributed by atoms with Crippen LogP contribution in [0.1, 0.15) is 72.4 Å². The number of rotatable bonds is 8. The molecule has 3 rings (SSSR count). The van der Waals surface area contributed by atoms with E-state index in [2.05, 4.69) is 28.9 Å². The van der Waals surface area contributed by atoms with Crippen molar-refractivity contribution in [1.29, 1.82) is 0 Å². The molecule has 1 aromatic carbocycles. The van der Waals surface area contributed by atoms with Crippen molar-refractivity contribution >= 4 is 11.9 Å². The van der Waals surface area contributed by atoms with Gasteiger partial charge in [-0.3, -0.25) is 4.79 Å². The lowest BCUT2D eigenvalue weighted by atomic mass is 9.96. The molecule has 0 bridgehead atoms. The van der Waals surface area contributed by atoms with E-state index in [-0.39, 0.29) is 11.8 Å². The summed E-state index contributed by atoms with van der Waals surface area (Å²) in [6, 6.07) is 12.5. The molecule has 1 saturated carbocycles. The van der Waals surface area contributed by atoms with Crippen LogP contribution in [0.15, 0.2) is 36.4 Å². The number of carbonyl (C=O) groups is 2. The molecular weight excluding hydrogens is 352 g/mol. The molecule has 1 aliphatic rings. The Bertz CT molecular complexity index is 837. The smallest absolute Gasteiger partial charge is 0.340 e. The van der Waals surface area contributed by atoms with Gasteiger partial charge in [-0.05, 0) is 51.7 Å². The third-order valence-corrected chi connectivity index (χ3v) is 5.56. The maximum Gasteiger partial charge on any atom is 0.340 e. The Balaban J connectivity index is 1.56. The Labute approximate surface area is 167 Å². The minimum Gasteiger partial charge on any atom is -0.449 e. The van der Waals surface area contributed by atoms with Gasteiger partial charge in [0, 0.05) is 29.9 Å². The molecule has 1 aliphatic carbocycles. The minimum atomic E-state index is -0.829. The Morgan fingerprint density at radius 1 is 1.21 bits per heavy atom. The van der Waals surface area contributed by atoms with E-state index >= 15 is 0 Å². The van der Waals surface area contributed by atoms with Crippen LogP contribution in [-0.2, 0) is 9.53 Å². The standard InChI is InChI=1S/C23H30N2O3/c1-5-18(19-9-7-6-8-10-19)14-24-22(26)17(4)28-23(27)21-13-15(2)25(16(21)3)20-11-12-20/h6-10,13,17-18,20H,5,11-12,14H2,1-4H3,(H,24,26)/t17-,18+/m1/s1. The summed E-state index contributed by atoms with van der Waals surface area (Å²) in [6.45, 7) is 8.20. The topological polar surface area (TPSA) is 60.3 Å². The zero-order valence-corrected chi connectivity index (χ0v) is 17.2. The van der Waals surface area contributed by atoms with Crippen LogP contribution in [0.4, 0.5) is 0 Å². The monoisotopic (exact) mass is 382 g/mol. The van der Waals surface area contributed by atoms with Crippen LogP contribution >= 0.6 is 0 Å². The fraction of sp³-hybridized carbons (Fsp3) is 0.478. The van der Waals surface area contributed by atoms with Crippen molar-refractivity contribution in [3.8, 4) is 0 Å². The molecule has 1 N–H and O–H groups in total. The lowest BCUT2D eigenvalue weighted by molar-refractivity contribution is -0.129. The number of ether oxygens (including phenoxy) is 1. The van der Waals surface area contributed by atoms with Gasteiger partial charge in [0.25, 0.3) is 5.91 Å². The molecule has 2 aromatic rings. The van der Waals surface area contributed by atoms with E-state index in [1.807, 2.05) is 38.1 Å². The zero-order chi connectivity index (χ0) is 20.3. The summed E-state index contributed by atoms with van der Waals surface area (Å²) in [7, 11) is 0. The first-order valence-electron chi connectivity index (χ1n) is 10.1. The first-order chi connectivity index (χ1) is 13.4. The maximum absolute atomic E-state index is 12.6. The molecule has 1 heterocycles. The predicted octanol–water partition coefficient (Wildman–Crippen LogP) is 4.30. The van der Waals surface area contributed by atoms with Gasteiger partial charge in [-0.15, -0.1) is 0 Å². The molecule has 2 atom stereocenters. The average molecular weight is 383 g/mol. The summed E-state index contributed by atoms with van der Waals surface area (Å²) in [4.78, 5) is 25.0. The number of carbonyl (C=O) groups excluding carboxylic acids is 2. The molecule has 150 valence electrons. The first-order valence-corrected chi connectivity index (χ1v) is 10.1. The van der Waals surface area contributed by atoms with Crippen molar-refractivity contribution in [3.05, 3.63) is 58.9 Å². The van der Waals surface area contributed by atoms with Crippen LogP contribution in [0.3, 0.4) is 0 Å². The van der Waals surface area contributed by atoms with Crippen LogP contribution in [0.25, 0.3) is 0 Å². The molecule has 0 radical (unpaired) electrons. The summed E-state index contributed by atoms with van der Waals surface area (Å²) in [5, 5.41) is 2.93. The minimum absolute atomic E-state index is 0.241. The second-order valence-electron chi connectivity index (χ2n) is 7.69. The normalized spacial score (nSPS) is 15.7.